The molecule has 15 heavy (non-hydrogen) atoms. The van der Waals surface area contributed by atoms with Crippen LogP contribution in [0.4, 0.5) is 13.2 Å². The minimum Gasteiger partial charge on any atom is -0.325 e. The minimum atomic E-state index is -2.97. The van der Waals surface area contributed by atoms with Crippen LogP contribution in [0.2, 0.25) is 0 Å². The molecule has 80 valence electrons. The number of nitriles is 1. The maximum absolute atomic E-state index is 13.0. The van der Waals surface area contributed by atoms with Crippen LogP contribution in [-0.4, -0.2) is 4.98 Å². The number of alkyl halides is 2. The van der Waals surface area contributed by atoms with Crippen LogP contribution in [0.15, 0.2) is 6.20 Å². The Morgan fingerprint density at radius 3 is 2.67 bits per heavy atom. The highest BCUT2D eigenvalue weighted by atomic mass is 19.3. The topological polar surface area (TPSA) is 62.7 Å². The van der Waals surface area contributed by atoms with E-state index >= 15 is 0 Å². The molecule has 2 N–H and O–H groups in total. The van der Waals surface area contributed by atoms with E-state index in [-0.39, 0.29) is 24.2 Å². The van der Waals surface area contributed by atoms with Gasteiger partial charge in [-0.25, -0.2) is 13.2 Å². The van der Waals surface area contributed by atoms with Gasteiger partial charge in [-0.05, 0) is 0 Å². The number of nitrogens with two attached hydrogens (primary N) is 1. The summed E-state index contributed by atoms with van der Waals surface area (Å²) in [5.74, 6) is -1.10. The summed E-state index contributed by atoms with van der Waals surface area (Å²) in [6.07, 6.45) is -2.59. The van der Waals surface area contributed by atoms with E-state index in [0.29, 0.717) is 6.20 Å². The van der Waals surface area contributed by atoms with Crippen LogP contribution >= 0.6 is 0 Å². The van der Waals surface area contributed by atoms with E-state index in [1.54, 1.807) is 6.07 Å². The standard InChI is InChI=1S/C9H8F3N3/c10-6-4-15-7(3-14)5(1-2-13)8(6)9(11)12/h4,9H,1,3,14H2. The summed E-state index contributed by atoms with van der Waals surface area (Å²) < 4.78 is 38.1. The highest BCUT2D eigenvalue weighted by molar-refractivity contribution is 5.34. The first-order valence-corrected chi connectivity index (χ1v) is 4.13. The van der Waals surface area contributed by atoms with Gasteiger partial charge in [0.25, 0.3) is 6.43 Å². The fraction of sp³-hybridized carbons (Fsp3) is 0.333. The lowest BCUT2D eigenvalue weighted by molar-refractivity contribution is 0.145. The van der Waals surface area contributed by atoms with Crippen molar-refractivity contribution in [1.29, 1.82) is 5.26 Å². The zero-order valence-corrected chi connectivity index (χ0v) is 7.67. The summed E-state index contributed by atoms with van der Waals surface area (Å²) in [4.78, 5) is 3.57. The largest absolute Gasteiger partial charge is 0.325 e. The van der Waals surface area contributed by atoms with Crippen molar-refractivity contribution < 1.29 is 13.2 Å². The Balaban J connectivity index is 3.38. The lowest BCUT2D eigenvalue weighted by atomic mass is 10.0. The molecule has 0 aromatic carbocycles. The van der Waals surface area contributed by atoms with Crippen molar-refractivity contribution in [2.45, 2.75) is 19.4 Å². The smallest absolute Gasteiger partial charge is 0.267 e. The molecule has 3 nitrogen and oxygen atoms in total. The predicted octanol–water partition coefficient (Wildman–Crippen LogP) is 1.68. The molecular formula is C9H8F3N3. The van der Waals surface area contributed by atoms with Gasteiger partial charge in [-0.15, -0.1) is 0 Å². The Bertz CT molecular complexity index is 398. The lowest BCUT2D eigenvalue weighted by Crippen LogP contribution is -2.10. The van der Waals surface area contributed by atoms with Crippen molar-refractivity contribution in [1.82, 2.24) is 4.98 Å². The van der Waals surface area contributed by atoms with Gasteiger partial charge in [-0.1, -0.05) is 0 Å². The zero-order chi connectivity index (χ0) is 11.4. The van der Waals surface area contributed by atoms with Gasteiger partial charge in [0.2, 0.25) is 0 Å². The van der Waals surface area contributed by atoms with Gasteiger partial charge < -0.3 is 5.73 Å². The first kappa shape index (κ1) is 11.5. The molecule has 0 saturated heterocycles. The summed E-state index contributed by atoms with van der Waals surface area (Å²) >= 11 is 0. The third-order valence-electron chi connectivity index (χ3n) is 1.93. The average molecular weight is 215 g/mol. The Labute approximate surface area is 84.3 Å². The van der Waals surface area contributed by atoms with Crippen LogP contribution in [-0.2, 0) is 13.0 Å². The molecule has 0 fully saturated rings. The van der Waals surface area contributed by atoms with Gasteiger partial charge in [0.1, 0.15) is 0 Å². The summed E-state index contributed by atoms with van der Waals surface area (Å²) in [6, 6.07) is 1.69. The van der Waals surface area contributed by atoms with Crippen molar-refractivity contribution in [2.24, 2.45) is 5.73 Å². The third-order valence-corrected chi connectivity index (χ3v) is 1.93. The number of hydrogen-bond donors (Lipinski definition) is 1. The van der Waals surface area contributed by atoms with Gasteiger partial charge in [-0.2, -0.15) is 5.26 Å². The van der Waals surface area contributed by atoms with Gasteiger partial charge in [0, 0.05) is 12.1 Å². The fourth-order valence-electron chi connectivity index (χ4n) is 1.27. The molecule has 0 spiro atoms. The molecule has 0 atom stereocenters. The Morgan fingerprint density at radius 1 is 1.53 bits per heavy atom. The van der Waals surface area contributed by atoms with E-state index in [2.05, 4.69) is 4.98 Å². The fourth-order valence-corrected chi connectivity index (χ4v) is 1.27. The maximum atomic E-state index is 13.0. The average Bonchev–Trinajstić information content (AvgIpc) is 2.18. The highest BCUT2D eigenvalue weighted by Crippen LogP contribution is 2.27. The second-order valence-corrected chi connectivity index (χ2v) is 2.78. The number of pyridine rings is 1. The van der Waals surface area contributed by atoms with Crippen LogP contribution in [0.1, 0.15) is 23.2 Å². The van der Waals surface area contributed by atoms with E-state index in [9.17, 15) is 13.2 Å². The van der Waals surface area contributed by atoms with E-state index in [4.69, 9.17) is 11.0 Å². The zero-order valence-electron chi connectivity index (χ0n) is 7.67. The first-order valence-electron chi connectivity index (χ1n) is 4.13. The summed E-state index contributed by atoms with van der Waals surface area (Å²) in [6.45, 7) is -0.100. The minimum absolute atomic E-state index is 0.100. The number of aromatic nitrogens is 1. The molecule has 1 aromatic heterocycles. The van der Waals surface area contributed by atoms with Crippen molar-refractivity contribution in [3.63, 3.8) is 0 Å². The monoisotopic (exact) mass is 215 g/mol. The van der Waals surface area contributed by atoms with Crippen molar-refractivity contribution in [3.05, 3.63) is 28.8 Å². The molecule has 6 heteroatoms. The van der Waals surface area contributed by atoms with Crippen LogP contribution in [0, 0.1) is 17.1 Å². The molecule has 1 rings (SSSR count). The molecule has 0 aliphatic carbocycles. The quantitative estimate of drug-likeness (QED) is 0.834. The van der Waals surface area contributed by atoms with Gasteiger partial charge in [0.05, 0.1) is 29.9 Å². The van der Waals surface area contributed by atoms with E-state index in [1.165, 1.54) is 0 Å². The molecule has 1 heterocycles. The third kappa shape index (κ3) is 2.25. The molecule has 0 saturated carbocycles. The van der Waals surface area contributed by atoms with Gasteiger partial charge >= 0.3 is 0 Å². The van der Waals surface area contributed by atoms with Crippen LogP contribution in [0.5, 0.6) is 0 Å². The SMILES string of the molecule is N#CCc1c(CN)ncc(F)c1C(F)F. The van der Waals surface area contributed by atoms with E-state index in [1.807, 2.05) is 0 Å². The molecule has 0 aliphatic rings. The number of rotatable bonds is 3. The Kier molecular flexibility index (Phi) is 3.63. The van der Waals surface area contributed by atoms with Gasteiger partial charge in [-0.3, -0.25) is 4.98 Å². The molecule has 0 unspecified atom stereocenters. The molecule has 0 radical (unpaired) electrons. The molecular weight excluding hydrogens is 207 g/mol. The van der Waals surface area contributed by atoms with Crippen LogP contribution in [0.3, 0.4) is 0 Å². The number of nitrogens with zero attached hydrogens (tertiary/aromatic N) is 2. The second kappa shape index (κ2) is 4.75. The maximum Gasteiger partial charge on any atom is 0.267 e. The highest BCUT2D eigenvalue weighted by Gasteiger charge is 2.21. The first-order chi connectivity index (χ1) is 7.11. The molecule has 0 bridgehead atoms. The predicted molar refractivity (Wildman–Crippen MR) is 46.4 cm³/mol. The summed E-state index contributed by atoms with van der Waals surface area (Å²) in [5, 5.41) is 8.45. The normalized spacial score (nSPS) is 10.4. The van der Waals surface area contributed by atoms with Crippen molar-refractivity contribution in [3.8, 4) is 6.07 Å². The number of hydrogen-bond acceptors (Lipinski definition) is 3. The molecule has 1 aromatic rings. The lowest BCUT2D eigenvalue weighted by Gasteiger charge is -2.10. The second-order valence-electron chi connectivity index (χ2n) is 2.78. The van der Waals surface area contributed by atoms with E-state index < -0.39 is 17.8 Å². The Hall–Kier alpha value is -1.61. The molecule has 0 aliphatic heterocycles. The Morgan fingerprint density at radius 2 is 2.20 bits per heavy atom. The van der Waals surface area contributed by atoms with Gasteiger partial charge in [0.15, 0.2) is 5.82 Å². The summed E-state index contributed by atoms with van der Waals surface area (Å²) in [5.41, 5.74) is 4.52. The molecule has 0 amide bonds. The van der Waals surface area contributed by atoms with E-state index in [0.717, 1.165) is 0 Å². The van der Waals surface area contributed by atoms with Crippen LogP contribution in [0.25, 0.3) is 0 Å². The van der Waals surface area contributed by atoms with Crippen molar-refractivity contribution in [2.75, 3.05) is 0 Å². The summed E-state index contributed by atoms with van der Waals surface area (Å²) in [7, 11) is 0. The van der Waals surface area contributed by atoms with Crippen LogP contribution < -0.4 is 5.73 Å². The van der Waals surface area contributed by atoms with Crippen molar-refractivity contribution >= 4 is 0 Å². The number of halogens is 3.